The van der Waals surface area contributed by atoms with Crippen molar-refractivity contribution in [2.45, 2.75) is 31.3 Å². The van der Waals surface area contributed by atoms with Crippen LogP contribution in [0.4, 0.5) is 0 Å². The number of rotatable bonds is 4. The molecule has 1 amide bonds. The smallest absolute Gasteiger partial charge is 0.248 e. The van der Waals surface area contributed by atoms with Crippen LogP contribution in [0.3, 0.4) is 0 Å². The first-order chi connectivity index (χ1) is 12.2. The molecule has 2 aliphatic rings. The summed E-state index contributed by atoms with van der Waals surface area (Å²) in [4.78, 5) is 13.2. The number of benzene rings is 1. The minimum absolute atomic E-state index is 0.00265. The first-order valence-electron chi connectivity index (χ1n) is 8.60. The SMILES string of the molecule is CC(NC(=O)C1(n2cccn2)CCNCC1)c1ccc2c(c1)OCO2. The molecule has 25 heavy (non-hydrogen) atoms. The summed E-state index contributed by atoms with van der Waals surface area (Å²) < 4.78 is 12.6. The van der Waals surface area contributed by atoms with Gasteiger partial charge in [0.15, 0.2) is 11.5 Å². The van der Waals surface area contributed by atoms with E-state index in [4.69, 9.17) is 9.47 Å². The number of carbonyl (C=O) groups is 1. The van der Waals surface area contributed by atoms with E-state index in [2.05, 4.69) is 15.7 Å². The Bertz CT molecular complexity index is 754. The maximum absolute atomic E-state index is 13.2. The second-order valence-corrected chi connectivity index (χ2v) is 6.54. The van der Waals surface area contributed by atoms with Crippen molar-refractivity contribution >= 4 is 5.91 Å². The molecular weight excluding hydrogens is 320 g/mol. The lowest BCUT2D eigenvalue weighted by Crippen LogP contribution is -2.55. The molecule has 2 N–H and O–H groups in total. The number of hydrogen-bond donors (Lipinski definition) is 2. The zero-order chi connectivity index (χ0) is 17.3. The standard InChI is InChI=1S/C18H22N4O3/c1-13(14-3-4-15-16(11-14)25-12-24-15)21-17(23)18(5-8-19-9-6-18)22-10-2-7-20-22/h2-4,7,10-11,13,19H,5-6,8-9,12H2,1H3,(H,21,23). The Balaban J connectivity index is 1.55. The summed E-state index contributed by atoms with van der Waals surface area (Å²) in [5, 5.41) is 10.8. The highest BCUT2D eigenvalue weighted by Gasteiger charge is 2.42. The van der Waals surface area contributed by atoms with Gasteiger partial charge >= 0.3 is 0 Å². The molecule has 0 aliphatic carbocycles. The van der Waals surface area contributed by atoms with Crippen molar-refractivity contribution in [3.63, 3.8) is 0 Å². The second kappa shape index (κ2) is 6.40. The van der Waals surface area contributed by atoms with Crippen molar-refractivity contribution < 1.29 is 14.3 Å². The minimum Gasteiger partial charge on any atom is -0.454 e. The van der Waals surface area contributed by atoms with Gasteiger partial charge in [0.05, 0.1) is 6.04 Å². The lowest BCUT2D eigenvalue weighted by atomic mass is 9.87. The Morgan fingerprint density at radius 2 is 2.12 bits per heavy atom. The maximum atomic E-state index is 13.2. The Hall–Kier alpha value is -2.54. The van der Waals surface area contributed by atoms with Gasteiger partial charge in [0, 0.05) is 12.4 Å². The molecular formula is C18H22N4O3. The molecule has 0 radical (unpaired) electrons. The molecule has 3 heterocycles. The second-order valence-electron chi connectivity index (χ2n) is 6.54. The average molecular weight is 342 g/mol. The van der Waals surface area contributed by atoms with Gasteiger partial charge in [0.2, 0.25) is 12.7 Å². The van der Waals surface area contributed by atoms with E-state index in [1.165, 1.54) is 0 Å². The fourth-order valence-electron chi connectivity index (χ4n) is 3.52. The predicted octanol–water partition coefficient (Wildman–Crippen LogP) is 1.57. The van der Waals surface area contributed by atoms with Gasteiger partial charge < -0.3 is 20.1 Å². The van der Waals surface area contributed by atoms with Gasteiger partial charge in [-0.15, -0.1) is 0 Å². The highest BCUT2D eigenvalue weighted by molar-refractivity contribution is 5.85. The molecule has 7 heteroatoms. The summed E-state index contributed by atoms with van der Waals surface area (Å²) in [5.74, 6) is 1.47. The Labute approximate surface area is 146 Å². The van der Waals surface area contributed by atoms with Crippen LogP contribution in [0.2, 0.25) is 0 Å². The van der Waals surface area contributed by atoms with Crippen LogP contribution in [0.25, 0.3) is 0 Å². The van der Waals surface area contributed by atoms with Crippen LogP contribution in [0.1, 0.15) is 31.4 Å². The number of nitrogens with one attached hydrogen (secondary N) is 2. The van der Waals surface area contributed by atoms with Crippen molar-refractivity contribution in [1.82, 2.24) is 20.4 Å². The highest BCUT2D eigenvalue weighted by atomic mass is 16.7. The van der Waals surface area contributed by atoms with E-state index in [0.29, 0.717) is 12.8 Å². The normalized spacial score (nSPS) is 19.4. The van der Waals surface area contributed by atoms with Crippen LogP contribution in [0, 0.1) is 0 Å². The first-order valence-corrected chi connectivity index (χ1v) is 8.60. The van der Waals surface area contributed by atoms with Crippen LogP contribution in [-0.2, 0) is 10.3 Å². The Kier molecular flexibility index (Phi) is 4.09. The summed E-state index contributed by atoms with van der Waals surface area (Å²) in [6.07, 6.45) is 5.03. The molecule has 1 unspecified atom stereocenters. The maximum Gasteiger partial charge on any atom is 0.248 e. The number of carbonyl (C=O) groups excluding carboxylic acids is 1. The number of hydrogen-bond acceptors (Lipinski definition) is 5. The number of amides is 1. The molecule has 0 spiro atoms. The zero-order valence-corrected chi connectivity index (χ0v) is 14.2. The van der Waals surface area contributed by atoms with Crippen LogP contribution in [-0.4, -0.2) is 35.6 Å². The van der Waals surface area contributed by atoms with E-state index in [1.54, 1.807) is 10.9 Å². The number of ether oxygens (including phenoxy) is 2. The van der Waals surface area contributed by atoms with Gasteiger partial charge in [-0.2, -0.15) is 5.10 Å². The van der Waals surface area contributed by atoms with Crippen LogP contribution < -0.4 is 20.1 Å². The summed E-state index contributed by atoms with van der Waals surface area (Å²) >= 11 is 0. The van der Waals surface area contributed by atoms with E-state index in [9.17, 15) is 4.79 Å². The van der Waals surface area contributed by atoms with E-state index in [0.717, 1.165) is 30.2 Å². The van der Waals surface area contributed by atoms with Crippen molar-refractivity contribution in [2.75, 3.05) is 19.9 Å². The van der Waals surface area contributed by atoms with Gasteiger partial charge in [-0.1, -0.05) is 6.07 Å². The lowest BCUT2D eigenvalue weighted by Gasteiger charge is -2.37. The van der Waals surface area contributed by atoms with Crippen molar-refractivity contribution in [3.8, 4) is 11.5 Å². The topological polar surface area (TPSA) is 77.4 Å². The third-order valence-electron chi connectivity index (χ3n) is 5.04. The number of fused-ring (bicyclic) bond motifs is 1. The van der Waals surface area contributed by atoms with Gasteiger partial charge in [0.25, 0.3) is 0 Å². The molecule has 1 saturated heterocycles. The molecule has 7 nitrogen and oxygen atoms in total. The van der Waals surface area contributed by atoms with E-state index >= 15 is 0 Å². The zero-order valence-electron chi connectivity index (χ0n) is 14.2. The van der Waals surface area contributed by atoms with Gasteiger partial charge in [0.1, 0.15) is 5.54 Å². The molecule has 1 aromatic heterocycles. The van der Waals surface area contributed by atoms with Gasteiger partial charge in [-0.3, -0.25) is 9.48 Å². The summed E-state index contributed by atoms with van der Waals surface area (Å²) in [7, 11) is 0. The molecule has 4 rings (SSSR count). The van der Waals surface area contributed by atoms with Crippen LogP contribution in [0.15, 0.2) is 36.7 Å². The van der Waals surface area contributed by atoms with Crippen LogP contribution in [0.5, 0.6) is 11.5 Å². The quantitative estimate of drug-likeness (QED) is 0.882. The van der Waals surface area contributed by atoms with Crippen LogP contribution >= 0.6 is 0 Å². The Morgan fingerprint density at radius 1 is 1.32 bits per heavy atom. The summed E-state index contributed by atoms with van der Waals surface area (Å²) in [6.45, 7) is 3.82. The summed E-state index contributed by atoms with van der Waals surface area (Å²) in [6, 6.07) is 7.49. The molecule has 132 valence electrons. The molecule has 1 aromatic carbocycles. The van der Waals surface area contributed by atoms with E-state index in [1.807, 2.05) is 37.4 Å². The molecule has 2 aliphatic heterocycles. The third-order valence-corrected chi connectivity index (χ3v) is 5.04. The lowest BCUT2D eigenvalue weighted by molar-refractivity contribution is -0.132. The predicted molar refractivity (Wildman–Crippen MR) is 91.4 cm³/mol. The Morgan fingerprint density at radius 3 is 2.88 bits per heavy atom. The van der Waals surface area contributed by atoms with E-state index in [-0.39, 0.29) is 18.7 Å². The molecule has 2 aromatic rings. The monoisotopic (exact) mass is 342 g/mol. The largest absolute Gasteiger partial charge is 0.454 e. The molecule has 0 bridgehead atoms. The third kappa shape index (κ3) is 2.84. The highest BCUT2D eigenvalue weighted by Crippen LogP contribution is 2.34. The first kappa shape index (κ1) is 16.0. The van der Waals surface area contributed by atoms with Crippen molar-refractivity contribution in [1.29, 1.82) is 0 Å². The fourth-order valence-corrected chi connectivity index (χ4v) is 3.52. The summed E-state index contributed by atoms with van der Waals surface area (Å²) in [5.41, 5.74) is 0.349. The minimum atomic E-state index is -0.640. The fraction of sp³-hybridized carbons (Fsp3) is 0.444. The molecule has 1 atom stereocenters. The van der Waals surface area contributed by atoms with Gasteiger partial charge in [-0.25, -0.2) is 0 Å². The number of nitrogens with zero attached hydrogens (tertiary/aromatic N) is 2. The number of piperidine rings is 1. The van der Waals surface area contributed by atoms with E-state index < -0.39 is 5.54 Å². The molecule has 0 saturated carbocycles. The average Bonchev–Trinajstić information content (AvgIpc) is 3.33. The number of aromatic nitrogens is 2. The molecule has 1 fully saturated rings. The van der Waals surface area contributed by atoms with Crippen molar-refractivity contribution in [3.05, 3.63) is 42.2 Å². The van der Waals surface area contributed by atoms with Gasteiger partial charge in [-0.05, 0) is 56.6 Å². The van der Waals surface area contributed by atoms with Crippen molar-refractivity contribution in [2.24, 2.45) is 0 Å².